The molecule has 0 spiro atoms. The lowest BCUT2D eigenvalue weighted by molar-refractivity contribution is 0.0746. The highest BCUT2D eigenvalue weighted by Crippen LogP contribution is 2.23. The fourth-order valence-electron chi connectivity index (χ4n) is 3.16. The average molecular weight is 421 g/mol. The van der Waals surface area contributed by atoms with Gasteiger partial charge in [-0.05, 0) is 43.2 Å². The van der Waals surface area contributed by atoms with E-state index in [4.69, 9.17) is 11.6 Å². The Hall–Kier alpha value is -2.16. The summed E-state index contributed by atoms with van der Waals surface area (Å²) in [5.41, 5.74) is 0.386. The first kappa shape index (κ1) is 19.2. The van der Waals surface area contributed by atoms with Crippen molar-refractivity contribution in [2.24, 2.45) is 0 Å². The largest absolute Gasteiger partial charge is 0.353 e. The summed E-state index contributed by atoms with van der Waals surface area (Å²) in [7, 11) is -3.58. The second kappa shape index (κ2) is 7.69. The molecule has 7 nitrogen and oxygen atoms in total. The number of piperazine rings is 1. The number of benzene rings is 1. The van der Waals surface area contributed by atoms with Crippen molar-refractivity contribution in [2.45, 2.75) is 23.8 Å². The maximum Gasteiger partial charge on any atom is 0.254 e. The predicted molar refractivity (Wildman–Crippen MR) is 107 cm³/mol. The summed E-state index contributed by atoms with van der Waals surface area (Å²) >= 11 is 5.88. The number of sulfonamides is 1. The van der Waals surface area contributed by atoms with Gasteiger partial charge in [-0.15, -0.1) is 0 Å². The first-order valence-corrected chi connectivity index (χ1v) is 11.1. The van der Waals surface area contributed by atoms with E-state index in [1.54, 1.807) is 29.3 Å². The lowest BCUT2D eigenvalue weighted by Crippen LogP contribution is -2.49. The van der Waals surface area contributed by atoms with Gasteiger partial charge < -0.3 is 9.80 Å². The summed E-state index contributed by atoms with van der Waals surface area (Å²) in [5, 5.41) is 0.587. The second-order valence-corrected chi connectivity index (χ2v) is 9.19. The van der Waals surface area contributed by atoms with E-state index in [9.17, 15) is 13.2 Å². The molecule has 2 aliphatic rings. The van der Waals surface area contributed by atoms with Gasteiger partial charge in [0.25, 0.3) is 5.91 Å². The molecule has 1 aromatic heterocycles. The molecule has 0 atom stereocenters. The molecule has 1 saturated carbocycles. The van der Waals surface area contributed by atoms with Crippen molar-refractivity contribution in [3.05, 3.63) is 53.2 Å². The molecule has 28 heavy (non-hydrogen) atoms. The number of carbonyl (C=O) groups is 1. The Balaban J connectivity index is 1.42. The Morgan fingerprint density at radius 3 is 2.50 bits per heavy atom. The SMILES string of the molecule is O=C(c1cccc(S(=O)(=O)NC2CC2)c1)N1CCN(c2ccc(Cl)cn2)CC1. The van der Waals surface area contributed by atoms with Crippen molar-refractivity contribution >= 4 is 33.3 Å². The molecule has 0 bridgehead atoms. The number of hydrogen-bond donors (Lipinski definition) is 1. The van der Waals surface area contributed by atoms with Crippen molar-refractivity contribution < 1.29 is 13.2 Å². The average Bonchev–Trinajstić information content (AvgIpc) is 3.52. The van der Waals surface area contributed by atoms with Crippen LogP contribution in [0.3, 0.4) is 0 Å². The Labute approximate surface area is 169 Å². The van der Waals surface area contributed by atoms with Crippen LogP contribution in [0.15, 0.2) is 47.5 Å². The number of anilines is 1. The van der Waals surface area contributed by atoms with E-state index in [0.29, 0.717) is 36.8 Å². The van der Waals surface area contributed by atoms with Crippen LogP contribution in [0.5, 0.6) is 0 Å². The van der Waals surface area contributed by atoms with Crippen LogP contribution in [-0.2, 0) is 10.0 Å². The van der Waals surface area contributed by atoms with Gasteiger partial charge in [-0.1, -0.05) is 17.7 Å². The van der Waals surface area contributed by atoms with E-state index in [1.165, 1.54) is 12.1 Å². The van der Waals surface area contributed by atoms with Crippen molar-refractivity contribution in [3.63, 3.8) is 0 Å². The van der Waals surface area contributed by atoms with E-state index in [2.05, 4.69) is 14.6 Å². The van der Waals surface area contributed by atoms with Crippen molar-refractivity contribution in [3.8, 4) is 0 Å². The zero-order chi connectivity index (χ0) is 19.7. The second-order valence-electron chi connectivity index (χ2n) is 7.04. The van der Waals surface area contributed by atoms with Crippen LogP contribution in [0.4, 0.5) is 5.82 Å². The summed E-state index contributed by atoms with van der Waals surface area (Å²) in [6.07, 6.45) is 3.34. The van der Waals surface area contributed by atoms with Crippen molar-refractivity contribution in [2.75, 3.05) is 31.1 Å². The summed E-state index contributed by atoms with van der Waals surface area (Å²) in [4.78, 5) is 21.1. The number of nitrogens with zero attached hydrogens (tertiary/aromatic N) is 3. The molecule has 2 aromatic rings. The van der Waals surface area contributed by atoms with Crippen LogP contribution in [-0.4, -0.2) is 56.4 Å². The van der Waals surface area contributed by atoms with Crippen LogP contribution < -0.4 is 9.62 Å². The molecule has 0 unspecified atom stereocenters. The van der Waals surface area contributed by atoms with Crippen LogP contribution in [0.2, 0.25) is 5.02 Å². The first-order chi connectivity index (χ1) is 13.4. The topological polar surface area (TPSA) is 82.6 Å². The van der Waals surface area contributed by atoms with Gasteiger partial charge in [0.15, 0.2) is 0 Å². The molecule has 1 N–H and O–H groups in total. The van der Waals surface area contributed by atoms with Gasteiger partial charge in [-0.2, -0.15) is 0 Å². The standard InChI is InChI=1S/C19H21ClN4O3S/c20-15-4-7-18(21-13-15)23-8-10-24(11-9-23)19(25)14-2-1-3-17(12-14)28(26,27)22-16-5-6-16/h1-4,7,12-13,16,22H,5-6,8-11H2. The maximum absolute atomic E-state index is 12.9. The first-order valence-electron chi connectivity index (χ1n) is 9.20. The quantitative estimate of drug-likeness (QED) is 0.801. The highest BCUT2D eigenvalue weighted by molar-refractivity contribution is 7.89. The summed E-state index contributed by atoms with van der Waals surface area (Å²) in [6.45, 7) is 2.39. The van der Waals surface area contributed by atoms with Gasteiger partial charge in [0.1, 0.15) is 5.82 Å². The zero-order valence-electron chi connectivity index (χ0n) is 15.2. The van der Waals surface area contributed by atoms with Crippen molar-refractivity contribution in [1.82, 2.24) is 14.6 Å². The molecule has 1 saturated heterocycles. The number of carbonyl (C=O) groups excluding carboxylic acids is 1. The third-order valence-corrected chi connectivity index (χ3v) is 6.63. The number of pyridine rings is 1. The highest BCUT2D eigenvalue weighted by atomic mass is 35.5. The Morgan fingerprint density at radius 1 is 1.11 bits per heavy atom. The van der Waals surface area contributed by atoms with Gasteiger partial charge >= 0.3 is 0 Å². The molecule has 0 radical (unpaired) electrons. The lowest BCUT2D eigenvalue weighted by atomic mass is 10.2. The number of amides is 1. The molecule has 1 aliphatic heterocycles. The normalized spacial score (nSPS) is 17.6. The summed E-state index contributed by atoms with van der Waals surface area (Å²) < 4.78 is 27.4. The summed E-state index contributed by atoms with van der Waals surface area (Å²) in [5.74, 6) is 0.669. The molecule has 1 aliphatic carbocycles. The van der Waals surface area contributed by atoms with Crippen LogP contribution >= 0.6 is 11.6 Å². The van der Waals surface area contributed by atoms with E-state index in [1.807, 2.05) is 6.07 Å². The van der Waals surface area contributed by atoms with Crippen LogP contribution in [0.25, 0.3) is 0 Å². The Kier molecular flexibility index (Phi) is 5.27. The fraction of sp³-hybridized carbons (Fsp3) is 0.368. The van der Waals surface area contributed by atoms with Gasteiger partial charge in [0.05, 0.1) is 9.92 Å². The molecular weight excluding hydrogens is 400 g/mol. The fourth-order valence-corrected chi connectivity index (χ4v) is 4.62. The van der Waals surface area contributed by atoms with Gasteiger partial charge in [-0.25, -0.2) is 18.1 Å². The van der Waals surface area contributed by atoms with Gasteiger partial charge in [-0.3, -0.25) is 4.79 Å². The number of hydrogen-bond acceptors (Lipinski definition) is 5. The number of aromatic nitrogens is 1. The van der Waals surface area contributed by atoms with Crippen LogP contribution in [0.1, 0.15) is 23.2 Å². The smallest absolute Gasteiger partial charge is 0.254 e. The molecule has 148 valence electrons. The minimum Gasteiger partial charge on any atom is -0.353 e. The monoisotopic (exact) mass is 420 g/mol. The number of rotatable bonds is 5. The van der Waals surface area contributed by atoms with Crippen LogP contribution in [0, 0.1) is 0 Å². The molecule has 1 aromatic carbocycles. The minimum absolute atomic E-state index is 0.0268. The Bertz CT molecular complexity index is 969. The van der Waals surface area contributed by atoms with Crippen molar-refractivity contribution in [1.29, 1.82) is 0 Å². The molecule has 2 fully saturated rings. The molecule has 2 heterocycles. The van der Waals surface area contributed by atoms with Gasteiger partial charge in [0, 0.05) is 44.0 Å². The third kappa shape index (κ3) is 4.29. The zero-order valence-corrected chi connectivity index (χ0v) is 16.8. The highest BCUT2D eigenvalue weighted by Gasteiger charge is 2.29. The molecule has 1 amide bonds. The van der Waals surface area contributed by atoms with E-state index in [-0.39, 0.29) is 16.8 Å². The lowest BCUT2D eigenvalue weighted by Gasteiger charge is -2.35. The molecular formula is C19H21ClN4O3S. The molecule has 9 heteroatoms. The number of nitrogens with one attached hydrogen (secondary N) is 1. The van der Waals surface area contributed by atoms with E-state index < -0.39 is 10.0 Å². The van der Waals surface area contributed by atoms with E-state index in [0.717, 1.165) is 18.7 Å². The maximum atomic E-state index is 12.9. The predicted octanol–water partition coefficient (Wildman–Crippen LogP) is 2.14. The minimum atomic E-state index is -3.58. The third-order valence-electron chi connectivity index (χ3n) is 4.89. The van der Waals surface area contributed by atoms with Gasteiger partial charge in [0.2, 0.25) is 10.0 Å². The molecule has 4 rings (SSSR count). The number of halogens is 1. The summed E-state index contributed by atoms with van der Waals surface area (Å²) in [6, 6.07) is 9.93. The van der Waals surface area contributed by atoms with E-state index >= 15 is 0 Å². The Morgan fingerprint density at radius 2 is 1.86 bits per heavy atom.